The molecule has 4 heteroatoms. The molecule has 2 N–H and O–H groups in total. The van der Waals surface area contributed by atoms with Crippen LogP contribution in [0.3, 0.4) is 0 Å². The highest BCUT2D eigenvalue weighted by Gasteiger charge is 2.03. The summed E-state index contributed by atoms with van der Waals surface area (Å²) in [7, 11) is 4.11. The molecule has 0 aliphatic rings. The maximum Gasteiger partial charge on any atom is 0.0363 e. The van der Waals surface area contributed by atoms with Gasteiger partial charge in [-0.25, -0.2) is 0 Å². The van der Waals surface area contributed by atoms with Crippen LogP contribution in [-0.4, -0.2) is 20.1 Å². The fourth-order valence-corrected chi connectivity index (χ4v) is 1.53. The van der Waals surface area contributed by atoms with Gasteiger partial charge >= 0.3 is 0 Å². The van der Waals surface area contributed by atoms with Gasteiger partial charge in [-0.15, -0.1) is 24.8 Å². The lowest BCUT2D eigenvalue weighted by Crippen LogP contribution is -2.18. The zero-order valence-electron chi connectivity index (χ0n) is 10.4. The van der Waals surface area contributed by atoms with Crippen LogP contribution in [0.4, 0.5) is 5.69 Å². The van der Waals surface area contributed by atoms with Gasteiger partial charge in [-0.2, -0.15) is 0 Å². The summed E-state index contributed by atoms with van der Waals surface area (Å²) in [5.74, 6) is 0. The van der Waals surface area contributed by atoms with Crippen LogP contribution in [-0.2, 0) is 6.42 Å². The molecule has 94 valence electrons. The van der Waals surface area contributed by atoms with Crippen molar-refractivity contribution in [2.45, 2.75) is 26.3 Å². The average Bonchev–Trinajstić information content (AvgIpc) is 2.07. The summed E-state index contributed by atoms with van der Waals surface area (Å²) in [5, 5.41) is 0. The van der Waals surface area contributed by atoms with Gasteiger partial charge in [-0.1, -0.05) is 6.07 Å². The van der Waals surface area contributed by atoms with E-state index in [1.54, 1.807) is 0 Å². The lowest BCUT2D eigenvalue weighted by Gasteiger charge is -2.15. The van der Waals surface area contributed by atoms with E-state index in [9.17, 15) is 0 Å². The SMILES string of the molecule is Cc1cc(N(C)C)ccc1C[C@H](C)N.Cl.Cl. The highest BCUT2D eigenvalue weighted by Crippen LogP contribution is 2.18. The normalized spacial score (nSPS) is 11.1. The van der Waals surface area contributed by atoms with Crippen molar-refractivity contribution in [2.75, 3.05) is 19.0 Å². The van der Waals surface area contributed by atoms with Gasteiger partial charge < -0.3 is 10.6 Å². The van der Waals surface area contributed by atoms with Crippen molar-refractivity contribution in [3.05, 3.63) is 29.3 Å². The number of rotatable bonds is 3. The number of benzene rings is 1. The molecule has 0 fully saturated rings. The smallest absolute Gasteiger partial charge is 0.0363 e. The summed E-state index contributed by atoms with van der Waals surface area (Å²) in [6.45, 7) is 4.18. The molecule has 1 rings (SSSR count). The number of halogens is 2. The largest absolute Gasteiger partial charge is 0.378 e. The maximum atomic E-state index is 5.78. The maximum absolute atomic E-state index is 5.78. The van der Waals surface area contributed by atoms with Gasteiger partial charge in [0.1, 0.15) is 0 Å². The molecule has 0 saturated carbocycles. The number of anilines is 1. The van der Waals surface area contributed by atoms with E-state index in [1.807, 2.05) is 6.92 Å². The third-order valence-electron chi connectivity index (χ3n) is 2.38. The van der Waals surface area contributed by atoms with Crippen molar-refractivity contribution in [3.8, 4) is 0 Å². The number of hydrogen-bond acceptors (Lipinski definition) is 2. The molecule has 0 bridgehead atoms. The molecule has 0 aromatic heterocycles. The van der Waals surface area contributed by atoms with Crippen molar-refractivity contribution < 1.29 is 0 Å². The second kappa shape index (κ2) is 7.77. The topological polar surface area (TPSA) is 29.3 Å². The van der Waals surface area contributed by atoms with Crippen LogP contribution in [0, 0.1) is 6.92 Å². The molecule has 0 aliphatic heterocycles. The quantitative estimate of drug-likeness (QED) is 0.910. The van der Waals surface area contributed by atoms with Gasteiger partial charge in [0.25, 0.3) is 0 Å². The van der Waals surface area contributed by atoms with Crippen molar-refractivity contribution in [3.63, 3.8) is 0 Å². The zero-order chi connectivity index (χ0) is 10.7. The molecular formula is C12H22Cl2N2. The summed E-state index contributed by atoms with van der Waals surface area (Å²) in [6, 6.07) is 6.76. The second-order valence-electron chi connectivity index (χ2n) is 4.19. The Hall–Kier alpha value is -0.440. The lowest BCUT2D eigenvalue weighted by molar-refractivity contribution is 0.735. The lowest BCUT2D eigenvalue weighted by atomic mass is 10.0. The first-order valence-electron chi connectivity index (χ1n) is 5.03. The van der Waals surface area contributed by atoms with Crippen molar-refractivity contribution in [2.24, 2.45) is 5.73 Å². The van der Waals surface area contributed by atoms with Gasteiger partial charge in [-0.05, 0) is 43.5 Å². The predicted molar refractivity (Wildman–Crippen MR) is 77.4 cm³/mol. The Morgan fingerprint density at radius 2 is 1.81 bits per heavy atom. The minimum absolute atomic E-state index is 0. The van der Waals surface area contributed by atoms with Crippen molar-refractivity contribution in [1.29, 1.82) is 0 Å². The minimum atomic E-state index is 0. The van der Waals surface area contributed by atoms with E-state index in [4.69, 9.17) is 5.73 Å². The van der Waals surface area contributed by atoms with Gasteiger partial charge in [0.15, 0.2) is 0 Å². The van der Waals surface area contributed by atoms with Crippen LogP contribution < -0.4 is 10.6 Å². The van der Waals surface area contributed by atoms with Crippen LogP contribution in [0.2, 0.25) is 0 Å². The number of nitrogens with two attached hydrogens (primary N) is 1. The summed E-state index contributed by atoms with van der Waals surface area (Å²) in [6.07, 6.45) is 0.958. The first-order chi connectivity index (χ1) is 6.50. The highest BCUT2D eigenvalue weighted by atomic mass is 35.5. The van der Waals surface area contributed by atoms with Crippen LogP contribution in [0.15, 0.2) is 18.2 Å². The molecule has 0 aliphatic carbocycles. The summed E-state index contributed by atoms with van der Waals surface area (Å²) >= 11 is 0. The van der Waals surface area contributed by atoms with E-state index in [2.05, 4.69) is 44.1 Å². The predicted octanol–water partition coefficient (Wildman–Crippen LogP) is 2.79. The van der Waals surface area contributed by atoms with Gasteiger partial charge in [-0.3, -0.25) is 0 Å². The summed E-state index contributed by atoms with van der Waals surface area (Å²) in [5.41, 5.74) is 9.71. The molecule has 1 atom stereocenters. The van der Waals surface area contributed by atoms with E-state index in [0.29, 0.717) is 0 Å². The Morgan fingerprint density at radius 1 is 1.25 bits per heavy atom. The van der Waals surface area contributed by atoms with E-state index in [1.165, 1.54) is 16.8 Å². The molecule has 0 unspecified atom stereocenters. The minimum Gasteiger partial charge on any atom is -0.378 e. The molecule has 1 aromatic carbocycles. The van der Waals surface area contributed by atoms with E-state index < -0.39 is 0 Å². The van der Waals surface area contributed by atoms with Crippen LogP contribution in [0.25, 0.3) is 0 Å². The third-order valence-corrected chi connectivity index (χ3v) is 2.38. The fourth-order valence-electron chi connectivity index (χ4n) is 1.53. The standard InChI is InChI=1S/C12H20N2.2ClH/c1-9-7-12(14(3)4)6-5-11(9)8-10(2)13;;/h5-7,10H,8,13H2,1-4H3;2*1H/t10-;;/m0../s1. The number of aryl methyl sites for hydroxylation is 1. The molecule has 0 amide bonds. The third kappa shape index (κ3) is 5.06. The van der Waals surface area contributed by atoms with E-state index >= 15 is 0 Å². The first kappa shape index (κ1) is 17.9. The Kier molecular flexibility index (Phi) is 8.71. The van der Waals surface area contributed by atoms with Gasteiger partial charge in [0.05, 0.1) is 0 Å². The Labute approximate surface area is 111 Å². The van der Waals surface area contributed by atoms with E-state index in [-0.39, 0.29) is 30.9 Å². The first-order valence-corrected chi connectivity index (χ1v) is 5.03. The number of hydrogen-bond donors (Lipinski definition) is 1. The van der Waals surface area contributed by atoms with Crippen LogP contribution in [0.5, 0.6) is 0 Å². The fraction of sp³-hybridized carbons (Fsp3) is 0.500. The van der Waals surface area contributed by atoms with Crippen molar-refractivity contribution >= 4 is 30.5 Å². The Balaban J connectivity index is 0. The molecule has 0 saturated heterocycles. The van der Waals surface area contributed by atoms with E-state index in [0.717, 1.165) is 6.42 Å². The molecule has 1 aromatic rings. The second-order valence-corrected chi connectivity index (χ2v) is 4.19. The van der Waals surface area contributed by atoms with Crippen LogP contribution >= 0.6 is 24.8 Å². The monoisotopic (exact) mass is 264 g/mol. The molecule has 0 spiro atoms. The number of nitrogens with zero attached hydrogens (tertiary/aromatic N) is 1. The van der Waals surface area contributed by atoms with Crippen molar-refractivity contribution in [1.82, 2.24) is 0 Å². The average molecular weight is 265 g/mol. The van der Waals surface area contributed by atoms with Gasteiger partial charge in [0.2, 0.25) is 0 Å². The molecule has 16 heavy (non-hydrogen) atoms. The Morgan fingerprint density at radius 3 is 2.19 bits per heavy atom. The molecular weight excluding hydrogens is 243 g/mol. The summed E-state index contributed by atoms with van der Waals surface area (Å²) in [4.78, 5) is 2.11. The molecule has 2 nitrogen and oxygen atoms in total. The zero-order valence-corrected chi connectivity index (χ0v) is 12.0. The molecule has 0 heterocycles. The molecule has 0 radical (unpaired) electrons. The van der Waals surface area contributed by atoms with Crippen LogP contribution in [0.1, 0.15) is 18.1 Å². The Bertz CT molecular complexity index is 312. The van der Waals surface area contributed by atoms with Gasteiger partial charge in [0, 0.05) is 25.8 Å². The summed E-state index contributed by atoms with van der Waals surface area (Å²) < 4.78 is 0. The highest BCUT2D eigenvalue weighted by molar-refractivity contribution is 5.85.